The van der Waals surface area contributed by atoms with Gasteiger partial charge in [0.05, 0.1) is 31.7 Å². The van der Waals surface area contributed by atoms with Crippen molar-refractivity contribution < 1.29 is 19.4 Å². The highest BCUT2D eigenvalue weighted by molar-refractivity contribution is 5.94. The van der Waals surface area contributed by atoms with Gasteiger partial charge in [-0.05, 0) is 24.3 Å². The van der Waals surface area contributed by atoms with Gasteiger partial charge in [0, 0.05) is 11.6 Å². The maximum atomic E-state index is 11.1. The molecule has 2 N–H and O–H groups in total. The van der Waals surface area contributed by atoms with Crippen LogP contribution in [0, 0.1) is 0 Å². The average Bonchev–Trinajstić information content (AvgIpc) is 2.55. The van der Waals surface area contributed by atoms with Crippen LogP contribution in [0.5, 0.6) is 11.5 Å². The molecule has 2 aromatic carbocycles. The number of anilines is 1. The van der Waals surface area contributed by atoms with E-state index in [2.05, 4.69) is 10.5 Å². The van der Waals surface area contributed by atoms with Gasteiger partial charge < -0.3 is 14.6 Å². The van der Waals surface area contributed by atoms with Gasteiger partial charge in [-0.15, -0.1) is 0 Å². The second-order valence-electron chi connectivity index (χ2n) is 4.33. The summed E-state index contributed by atoms with van der Waals surface area (Å²) in [7, 11) is 3.13. The van der Waals surface area contributed by atoms with Crippen molar-refractivity contribution in [2.24, 2.45) is 5.10 Å². The number of aromatic carboxylic acids is 1. The molecule has 0 amide bonds. The minimum Gasteiger partial charge on any atom is -0.497 e. The third kappa shape index (κ3) is 3.54. The molecule has 0 unspecified atom stereocenters. The Balaban J connectivity index is 2.18. The number of carboxylic acids is 1. The first kappa shape index (κ1) is 15.4. The minimum absolute atomic E-state index is 0.154. The van der Waals surface area contributed by atoms with E-state index in [-0.39, 0.29) is 5.56 Å². The third-order valence-corrected chi connectivity index (χ3v) is 2.99. The van der Waals surface area contributed by atoms with Crippen LogP contribution in [0.25, 0.3) is 0 Å². The van der Waals surface area contributed by atoms with Gasteiger partial charge in [0.1, 0.15) is 11.5 Å². The molecule has 0 atom stereocenters. The Morgan fingerprint density at radius 1 is 1.18 bits per heavy atom. The number of nitrogens with one attached hydrogen (secondary N) is 1. The van der Waals surface area contributed by atoms with E-state index in [4.69, 9.17) is 14.6 Å². The zero-order valence-electron chi connectivity index (χ0n) is 12.2. The van der Waals surface area contributed by atoms with Crippen molar-refractivity contribution in [3.63, 3.8) is 0 Å². The number of carboxylic acid groups (broad SMARTS) is 1. The molecule has 0 aliphatic rings. The predicted molar refractivity (Wildman–Crippen MR) is 84.2 cm³/mol. The minimum atomic E-state index is -1.01. The van der Waals surface area contributed by atoms with E-state index in [9.17, 15) is 4.79 Å². The van der Waals surface area contributed by atoms with E-state index in [1.54, 1.807) is 56.8 Å². The normalized spacial score (nSPS) is 10.5. The van der Waals surface area contributed by atoms with Crippen molar-refractivity contribution >= 4 is 17.9 Å². The number of nitrogens with zero attached hydrogens (tertiary/aromatic N) is 1. The summed E-state index contributed by atoms with van der Waals surface area (Å²) in [4.78, 5) is 11.1. The Hall–Kier alpha value is -3.02. The van der Waals surface area contributed by atoms with Crippen molar-refractivity contribution in [2.75, 3.05) is 19.6 Å². The zero-order chi connectivity index (χ0) is 15.9. The van der Waals surface area contributed by atoms with Crippen molar-refractivity contribution in [1.82, 2.24) is 0 Å². The number of rotatable bonds is 6. The first-order valence-corrected chi connectivity index (χ1v) is 6.49. The predicted octanol–water partition coefficient (Wildman–Crippen LogP) is 2.85. The van der Waals surface area contributed by atoms with Gasteiger partial charge >= 0.3 is 5.97 Å². The number of carbonyl (C=O) groups is 1. The fourth-order valence-electron chi connectivity index (χ4n) is 1.86. The van der Waals surface area contributed by atoms with Crippen molar-refractivity contribution in [3.05, 3.63) is 53.6 Å². The molecular formula is C16H16N2O4. The largest absolute Gasteiger partial charge is 0.497 e. The Morgan fingerprint density at radius 2 is 1.95 bits per heavy atom. The average molecular weight is 300 g/mol. The number of hydrogen-bond acceptors (Lipinski definition) is 5. The van der Waals surface area contributed by atoms with Crippen molar-refractivity contribution in [2.45, 2.75) is 0 Å². The summed E-state index contributed by atoms with van der Waals surface area (Å²) >= 11 is 0. The van der Waals surface area contributed by atoms with E-state index < -0.39 is 5.97 Å². The van der Waals surface area contributed by atoms with Crippen molar-refractivity contribution in [3.8, 4) is 11.5 Å². The molecule has 6 heteroatoms. The third-order valence-electron chi connectivity index (χ3n) is 2.99. The van der Waals surface area contributed by atoms with E-state index in [1.807, 2.05) is 0 Å². The Kier molecular flexibility index (Phi) is 4.98. The quantitative estimate of drug-likeness (QED) is 0.633. The summed E-state index contributed by atoms with van der Waals surface area (Å²) in [5, 5.41) is 13.2. The molecule has 114 valence electrons. The highest BCUT2D eigenvalue weighted by atomic mass is 16.5. The highest BCUT2D eigenvalue weighted by Gasteiger charge is 2.08. The highest BCUT2D eigenvalue weighted by Crippen LogP contribution is 2.23. The van der Waals surface area contributed by atoms with Crippen LogP contribution in [0.15, 0.2) is 47.6 Å². The summed E-state index contributed by atoms with van der Waals surface area (Å²) in [5.41, 5.74) is 4.03. The van der Waals surface area contributed by atoms with Crippen LogP contribution in [0.3, 0.4) is 0 Å². The molecule has 0 bridgehead atoms. The molecule has 0 heterocycles. The number of methoxy groups -OCH3 is 2. The summed E-state index contributed by atoms with van der Waals surface area (Å²) in [6, 6.07) is 11.9. The molecule has 0 aliphatic carbocycles. The van der Waals surface area contributed by atoms with E-state index in [0.717, 1.165) is 5.56 Å². The number of benzene rings is 2. The van der Waals surface area contributed by atoms with Gasteiger partial charge in [-0.3, -0.25) is 5.43 Å². The van der Waals surface area contributed by atoms with Crippen LogP contribution in [-0.4, -0.2) is 31.5 Å². The van der Waals surface area contributed by atoms with Gasteiger partial charge in [0.25, 0.3) is 0 Å². The summed E-state index contributed by atoms with van der Waals surface area (Å²) < 4.78 is 10.4. The van der Waals surface area contributed by atoms with Gasteiger partial charge in [-0.25, -0.2) is 4.79 Å². The molecule has 6 nitrogen and oxygen atoms in total. The van der Waals surface area contributed by atoms with E-state index in [0.29, 0.717) is 17.2 Å². The van der Waals surface area contributed by atoms with Gasteiger partial charge in [0.2, 0.25) is 0 Å². The molecule has 0 saturated carbocycles. The second kappa shape index (κ2) is 7.12. The Bertz CT molecular complexity index is 698. The first-order chi connectivity index (χ1) is 10.7. The van der Waals surface area contributed by atoms with Crippen LogP contribution >= 0.6 is 0 Å². The lowest BCUT2D eigenvalue weighted by molar-refractivity contribution is 0.0698. The van der Waals surface area contributed by atoms with E-state index >= 15 is 0 Å². The van der Waals surface area contributed by atoms with E-state index in [1.165, 1.54) is 6.07 Å². The fraction of sp³-hybridized carbons (Fsp3) is 0.125. The molecule has 2 rings (SSSR count). The summed E-state index contributed by atoms with van der Waals surface area (Å²) in [6.45, 7) is 0. The van der Waals surface area contributed by atoms with Gasteiger partial charge in [-0.1, -0.05) is 12.1 Å². The molecule has 0 fully saturated rings. The SMILES string of the molecule is COc1ccc(/C=N/Nc2ccccc2C(=O)O)c(OC)c1. The smallest absolute Gasteiger partial charge is 0.337 e. The molecule has 22 heavy (non-hydrogen) atoms. The first-order valence-electron chi connectivity index (χ1n) is 6.49. The Labute approximate surface area is 128 Å². The number of ether oxygens (including phenoxy) is 2. The lowest BCUT2D eigenvalue weighted by atomic mass is 10.2. The maximum Gasteiger partial charge on any atom is 0.337 e. The molecule has 0 radical (unpaired) electrons. The lowest BCUT2D eigenvalue weighted by Gasteiger charge is -2.07. The molecule has 0 spiro atoms. The standard InChI is InChI=1S/C16H16N2O4/c1-21-12-8-7-11(15(9-12)22-2)10-17-18-14-6-4-3-5-13(14)16(19)20/h3-10,18H,1-2H3,(H,19,20)/b17-10+. The molecule has 0 saturated heterocycles. The number of hydrazone groups is 1. The van der Waals surface area contributed by atoms with Crippen molar-refractivity contribution in [1.29, 1.82) is 0 Å². The van der Waals surface area contributed by atoms with Crippen LogP contribution in [-0.2, 0) is 0 Å². The van der Waals surface area contributed by atoms with Crippen LogP contribution in [0.2, 0.25) is 0 Å². The zero-order valence-corrected chi connectivity index (χ0v) is 12.2. The van der Waals surface area contributed by atoms with Crippen LogP contribution in [0.4, 0.5) is 5.69 Å². The van der Waals surface area contributed by atoms with Crippen LogP contribution in [0.1, 0.15) is 15.9 Å². The molecule has 0 aromatic heterocycles. The summed E-state index contributed by atoms with van der Waals surface area (Å²) in [5.74, 6) is 0.273. The molecule has 0 aliphatic heterocycles. The molecule has 2 aromatic rings. The lowest BCUT2D eigenvalue weighted by Crippen LogP contribution is -2.02. The monoisotopic (exact) mass is 300 g/mol. The van der Waals surface area contributed by atoms with Gasteiger partial charge in [-0.2, -0.15) is 5.10 Å². The number of hydrogen-bond donors (Lipinski definition) is 2. The van der Waals surface area contributed by atoms with Crippen LogP contribution < -0.4 is 14.9 Å². The summed E-state index contributed by atoms with van der Waals surface area (Å²) in [6.07, 6.45) is 1.55. The topological polar surface area (TPSA) is 80.2 Å². The second-order valence-corrected chi connectivity index (χ2v) is 4.33. The Morgan fingerprint density at radius 3 is 2.64 bits per heavy atom. The van der Waals surface area contributed by atoms with Gasteiger partial charge in [0.15, 0.2) is 0 Å². The fourth-order valence-corrected chi connectivity index (χ4v) is 1.86. The number of para-hydroxylation sites is 1. The maximum absolute atomic E-state index is 11.1. The molecular weight excluding hydrogens is 284 g/mol.